The topological polar surface area (TPSA) is 63.4 Å². The van der Waals surface area contributed by atoms with Gasteiger partial charge < -0.3 is 5.11 Å². The Hall–Kier alpha value is -1.42. The van der Waals surface area contributed by atoms with Gasteiger partial charge >= 0.3 is 0 Å². The molecule has 0 aliphatic rings. The second-order valence-corrected chi connectivity index (χ2v) is 3.95. The first kappa shape index (κ1) is 11.7. The van der Waals surface area contributed by atoms with Gasteiger partial charge in [0.15, 0.2) is 0 Å². The summed E-state index contributed by atoms with van der Waals surface area (Å²) in [5, 5.41) is 20.3. The molecule has 0 heterocycles. The van der Waals surface area contributed by atoms with Crippen LogP contribution in [-0.2, 0) is 5.54 Å². The smallest absolute Gasteiger partial charge is 0.246 e. The second-order valence-electron chi connectivity index (χ2n) is 3.95. The highest BCUT2D eigenvalue weighted by molar-refractivity contribution is 5.21. The van der Waals surface area contributed by atoms with Crippen LogP contribution in [0.25, 0.3) is 0 Å². The van der Waals surface area contributed by atoms with Crippen LogP contribution in [0.15, 0.2) is 30.3 Å². The predicted octanol–water partition coefficient (Wildman–Crippen LogP) is 1.95. The van der Waals surface area contributed by atoms with Crippen molar-refractivity contribution in [2.75, 3.05) is 0 Å². The highest BCUT2D eigenvalue weighted by Crippen LogP contribution is 2.29. The second kappa shape index (κ2) is 4.40. The van der Waals surface area contributed by atoms with Crippen LogP contribution in [0.2, 0.25) is 0 Å². The van der Waals surface area contributed by atoms with Crippen molar-refractivity contribution >= 4 is 0 Å². The molecule has 15 heavy (non-hydrogen) atoms. The molecule has 0 aliphatic carbocycles. The van der Waals surface area contributed by atoms with E-state index in [9.17, 15) is 15.2 Å². The Labute approximate surface area is 88.7 Å². The first-order valence-corrected chi connectivity index (χ1v) is 4.85. The number of aliphatic hydroxyl groups is 1. The van der Waals surface area contributed by atoms with Gasteiger partial charge in [0.05, 0.1) is 6.10 Å². The fourth-order valence-corrected chi connectivity index (χ4v) is 1.67. The van der Waals surface area contributed by atoms with E-state index in [1.807, 2.05) is 6.07 Å². The zero-order valence-electron chi connectivity index (χ0n) is 8.88. The van der Waals surface area contributed by atoms with Crippen LogP contribution >= 0.6 is 0 Å². The molecule has 82 valence electrons. The third kappa shape index (κ3) is 2.53. The molecular weight excluding hydrogens is 194 g/mol. The lowest BCUT2D eigenvalue weighted by Gasteiger charge is -2.22. The summed E-state index contributed by atoms with van der Waals surface area (Å²) >= 11 is 0. The standard InChI is InChI=1S/C11H15NO3/c1-9(13)8-11(2,12(14)15)10-6-4-3-5-7-10/h3-7,9,13H,8H2,1-2H3. The first-order valence-electron chi connectivity index (χ1n) is 4.85. The van der Waals surface area contributed by atoms with Gasteiger partial charge in [-0.15, -0.1) is 0 Å². The normalized spacial score (nSPS) is 16.7. The van der Waals surface area contributed by atoms with Crippen LogP contribution in [0, 0.1) is 10.1 Å². The maximum Gasteiger partial charge on any atom is 0.246 e. The van der Waals surface area contributed by atoms with E-state index >= 15 is 0 Å². The molecule has 0 aromatic heterocycles. The molecule has 0 aliphatic heterocycles. The zero-order chi connectivity index (χ0) is 11.5. The maximum absolute atomic E-state index is 11.1. The summed E-state index contributed by atoms with van der Waals surface area (Å²) in [4.78, 5) is 10.7. The van der Waals surface area contributed by atoms with Crippen molar-refractivity contribution in [3.05, 3.63) is 46.0 Å². The van der Waals surface area contributed by atoms with E-state index in [2.05, 4.69) is 0 Å². The lowest BCUT2D eigenvalue weighted by molar-refractivity contribution is -0.577. The molecule has 0 bridgehead atoms. The minimum Gasteiger partial charge on any atom is -0.393 e. The molecule has 4 nitrogen and oxygen atoms in total. The highest BCUT2D eigenvalue weighted by atomic mass is 16.6. The van der Waals surface area contributed by atoms with Crippen LogP contribution in [0.3, 0.4) is 0 Å². The van der Waals surface area contributed by atoms with Crippen molar-refractivity contribution in [3.8, 4) is 0 Å². The quantitative estimate of drug-likeness (QED) is 0.609. The molecule has 0 amide bonds. The predicted molar refractivity (Wildman–Crippen MR) is 57.1 cm³/mol. The Kier molecular flexibility index (Phi) is 3.42. The summed E-state index contributed by atoms with van der Waals surface area (Å²) in [6, 6.07) is 8.76. The summed E-state index contributed by atoms with van der Waals surface area (Å²) in [6.07, 6.45) is -0.579. The van der Waals surface area contributed by atoms with E-state index < -0.39 is 11.6 Å². The van der Waals surface area contributed by atoms with Crippen LogP contribution in [0.1, 0.15) is 25.8 Å². The van der Waals surface area contributed by atoms with Crippen molar-refractivity contribution in [1.82, 2.24) is 0 Å². The summed E-state index contributed by atoms with van der Waals surface area (Å²) in [5.41, 5.74) is -0.592. The van der Waals surface area contributed by atoms with E-state index in [0.717, 1.165) is 0 Å². The number of nitrogens with zero attached hydrogens (tertiary/aromatic N) is 1. The molecule has 2 atom stereocenters. The fraction of sp³-hybridized carbons (Fsp3) is 0.455. The molecule has 0 radical (unpaired) electrons. The van der Waals surface area contributed by atoms with Crippen molar-refractivity contribution in [3.63, 3.8) is 0 Å². The Bertz CT molecular complexity index is 337. The van der Waals surface area contributed by atoms with E-state index in [1.54, 1.807) is 31.2 Å². The van der Waals surface area contributed by atoms with Crippen LogP contribution in [0.5, 0.6) is 0 Å². The minimum atomic E-state index is -1.21. The van der Waals surface area contributed by atoms with Gasteiger partial charge in [-0.2, -0.15) is 0 Å². The molecular formula is C11H15NO3. The maximum atomic E-state index is 11.1. The Balaban J connectivity index is 3.07. The van der Waals surface area contributed by atoms with E-state index in [1.165, 1.54) is 6.92 Å². The molecule has 1 aromatic carbocycles. The largest absolute Gasteiger partial charge is 0.393 e. The summed E-state index contributed by atoms with van der Waals surface area (Å²) in [5.74, 6) is 0. The third-order valence-corrected chi connectivity index (χ3v) is 2.49. The Morgan fingerprint density at radius 2 is 2.00 bits per heavy atom. The highest BCUT2D eigenvalue weighted by Gasteiger charge is 2.40. The number of hydrogen-bond acceptors (Lipinski definition) is 3. The SMILES string of the molecule is CC(O)CC(C)(c1ccccc1)[N+](=O)[O-]. The average Bonchev–Trinajstić information content (AvgIpc) is 2.17. The molecule has 2 unspecified atom stereocenters. The average molecular weight is 209 g/mol. The van der Waals surface area contributed by atoms with Gasteiger partial charge in [-0.05, 0) is 6.92 Å². The van der Waals surface area contributed by atoms with Crippen molar-refractivity contribution < 1.29 is 10.0 Å². The first-order chi connectivity index (χ1) is 6.97. The van der Waals surface area contributed by atoms with Gasteiger partial charge in [-0.1, -0.05) is 30.3 Å². The molecule has 0 spiro atoms. The van der Waals surface area contributed by atoms with E-state index in [-0.39, 0.29) is 11.3 Å². The van der Waals surface area contributed by atoms with Crippen molar-refractivity contribution in [2.24, 2.45) is 0 Å². The monoisotopic (exact) mass is 209 g/mol. The lowest BCUT2D eigenvalue weighted by Crippen LogP contribution is -2.35. The minimum absolute atomic E-state index is 0.115. The zero-order valence-corrected chi connectivity index (χ0v) is 8.88. The number of benzene rings is 1. The van der Waals surface area contributed by atoms with Crippen LogP contribution < -0.4 is 0 Å². The number of aliphatic hydroxyl groups excluding tert-OH is 1. The van der Waals surface area contributed by atoms with Gasteiger partial charge in [-0.3, -0.25) is 10.1 Å². The molecule has 1 N–H and O–H groups in total. The van der Waals surface area contributed by atoms with Crippen LogP contribution in [-0.4, -0.2) is 16.1 Å². The fourth-order valence-electron chi connectivity index (χ4n) is 1.67. The molecule has 0 saturated heterocycles. The van der Waals surface area contributed by atoms with Crippen molar-refractivity contribution in [1.29, 1.82) is 0 Å². The summed E-state index contributed by atoms with van der Waals surface area (Å²) < 4.78 is 0. The molecule has 0 fully saturated rings. The molecule has 1 aromatic rings. The van der Waals surface area contributed by atoms with Gasteiger partial charge in [0, 0.05) is 23.8 Å². The van der Waals surface area contributed by atoms with Gasteiger partial charge in [-0.25, -0.2) is 0 Å². The van der Waals surface area contributed by atoms with E-state index in [4.69, 9.17) is 0 Å². The Morgan fingerprint density at radius 3 is 2.40 bits per heavy atom. The summed E-state index contributed by atoms with van der Waals surface area (Å²) in [6.45, 7) is 3.10. The van der Waals surface area contributed by atoms with Crippen LogP contribution in [0.4, 0.5) is 0 Å². The number of rotatable bonds is 4. The number of nitro groups is 1. The van der Waals surface area contributed by atoms with Gasteiger partial charge in [0.25, 0.3) is 0 Å². The molecule has 0 saturated carbocycles. The lowest BCUT2D eigenvalue weighted by atomic mass is 9.87. The molecule has 4 heteroatoms. The Morgan fingerprint density at radius 1 is 1.47 bits per heavy atom. The van der Waals surface area contributed by atoms with Gasteiger partial charge in [0.1, 0.15) is 0 Å². The van der Waals surface area contributed by atoms with Crippen molar-refractivity contribution in [2.45, 2.75) is 31.9 Å². The summed E-state index contributed by atoms with van der Waals surface area (Å²) in [7, 11) is 0. The number of hydrogen-bond donors (Lipinski definition) is 1. The van der Waals surface area contributed by atoms with Gasteiger partial charge in [0.2, 0.25) is 5.54 Å². The third-order valence-electron chi connectivity index (χ3n) is 2.49. The molecule has 1 rings (SSSR count). The van der Waals surface area contributed by atoms with E-state index in [0.29, 0.717) is 5.56 Å².